The summed E-state index contributed by atoms with van der Waals surface area (Å²) in [6, 6.07) is 1.08. The van der Waals surface area contributed by atoms with Crippen molar-refractivity contribution in [1.29, 1.82) is 0 Å². The molecule has 0 radical (unpaired) electrons. The van der Waals surface area contributed by atoms with Crippen molar-refractivity contribution in [1.82, 2.24) is 18.8 Å². The number of alkyl halides is 2. The Hall–Kier alpha value is -2.14. The highest BCUT2D eigenvalue weighted by Gasteiger charge is 2.47. The average molecular weight is 456 g/mol. The van der Waals surface area contributed by atoms with E-state index in [0.717, 1.165) is 19.3 Å². The number of nitrogens with one attached hydrogen (secondary N) is 1. The Labute approximate surface area is 180 Å². The lowest BCUT2D eigenvalue weighted by Gasteiger charge is -2.30. The molecule has 2 saturated carbocycles. The zero-order valence-corrected chi connectivity index (χ0v) is 18.0. The van der Waals surface area contributed by atoms with E-state index in [1.807, 2.05) is 0 Å². The lowest BCUT2D eigenvalue weighted by Crippen LogP contribution is -2.42. The maximum atomic E-state index is 13.5. The number of sulfonamides is 1. The number of anilines is 1. The van der Waals surface area contributed by atoms with Gasteiger partial charge in [-0.2, -0.15) is 4.98 Å². The van der Waals surface area contributed by atoms with E-state index in [9.17, 15) is 22.0 Å². The van der Waals surface area contributed by atoms with Crippen LogP contribution in [0.2, 0.25) is 0 Å². The SMILES string of the molecule is CS(=O)(=O)N1CCC(Nc2ncc3cc(C(F)F)c(=O)n(C4CC5CC5C4)c3n2)CC1.[HH]. The molecule has 3 aliphatic rings. The molecule has 2 unspecified atom stereocenters. The summed E-state index contributed by atoms with van der Waals surface area (Å²) < 4.78 is 53.3. The summed E-state index contributed by atoms with van der Waals surface area (Å²) in [6.45, 7) is 0.828. The second-order valence-corrected chi connectivity index (χ2v) is 11.0. The summed E-state index contributed by atoms with van der Waals surface area (Å²) in [4.78, 5) is 21.7. The van der Waals surface area contributed by atoms with Gasteiger partial charge in [0.15, 0.2) is 0 Å². The zero-order chi connectivity index (χ0) is 21.9. The van der Waals surface area contributed by atoms with E-state index < -0.39 is 27.6 Å². The molecule has 2 aliphatic carbocycles. The van der Waals surface area contributed by atoms with Gasteiger partial charge in [-0.3, -0.25) is 9.36 Å². The summed E-state index contributed by atoms with van der Waals surface area (Å²) >= 11 is 0. The molecule has 0 bridgehead atoms. The molecule has 0 amide bonds. The fraction of sp³-hybridized carbons (Fsp3) is 0.650. The van der Waals surface area contributed by atoms with Crippen molar-refractivity contribution in [2.24, 2.45) is 11.8 Å². The van der Waals surface area contributed by atoms with E-state index in [1.54, 1.807) is 0 Å². The maximum Gasteiger partial charge on any atom is 0.269 e. The Morgan fingerprint density at radius 1 is 1.19 bits per heavy atom. The molecular formula is C20H27F2N5O3S. The molecule has 2 aromatic heterocycles. The first-order chi connectivity index (χ1) is 14.7. The van der Waals surface area contributed by atoms with Crippen LogP contribution in [0.5, 0.6) is 0 Å². The highest BCUT2D eigenvalue weighted by atomic mass is 32.2. The molecule has 11 heteroatoms. The third-order valence-electron chi connectivity index (χ3n) is 6.88. The van der Waals surface area contributed by atoms with Crippen molar-refractivity contribution in [2.45, 2.75) is 50.6 Å². The van der Waals surface area contributed by atoms with Gasteiger partial charge >= 0.3 is 0 Å². The van der Waals surface area contributed by atoms with E-state index in [4.69, 9.17) is 0 Å². The minimum absolute atomic E-state index is 0. The molecule has 1 N–H and O–H groups in total. The number of piperidine rings is 1. The molecule has 3 heterocycles. The van der Waals surface area contributed by atoms with Crippen LogP contribution in [0, 0.1) is 11.8 Å². The van der Waals surface area contributed by atoms with Crippen molar-refractivity contribution in [3.8, 4) is 0 Å². The van der Waals surface area contributed by atoms with Gasteiger partial charge in [-0.1, -0.05) is 0 Å². The number of aromatic nitrogens is 3. The first-order valence-electron chi connectivity index (χ1n) is 10.6. The normalized spacial score (nSPS) is 27.0. The number of fused-ring (bicyclic) bond motifs is 2. The molecule has 1 saturated heterocycles. The lowest BCUT2D eigenvalue weighted by atomic mass is 10.1. The number of rotatable bonds is 5. The monoisotopic (exact) mass is 455 g/mol. The largest absolute Gasteiger partial charge is 0.351 e. The van der Waals surface area contributed by atoms with E-state index in [1.165, 1.54) is 27.4 Å². The van der Waals surface area contributed by atoms with Crippen LogP contribution in [0.15, 0.2) is 17.1 Å². The quantitative estimate of drug-likeness (QED) is 0.745. The third-order valence-corrected chi connectivity index (χ3v) is 8.18. The summed E-state index contributed by atoms with van der Waals surface area (Å²) in [6.07, 6.45) is 3.85. The molecule has 2 aromatic rings. The number of nitrogens with zero attached hydrogens (tertiary/aromatic N) is 4. The summed E-state index contributed by atoms with van der Waals surface area (Å²) in [5.74, 6) is 1.50. The molecule has 3 fully saturated rings. The fourth-order valence-electron chi connectivity index (χ4n) is 5.11. The standard InChI is InChI=1S/C20H25F2N5O3S.H2/c1-31(29,30)26-4-2-14(3-5-26)24-20-23-10-13-9-16(17(21)22)19(28)27(18(13)25-20)15-7-11-6-12(11)8-15;/h9-12,14-15,17H,2-8H2,1H3,(H,23,24,25);1H. The van der Waals surface area contributed by atoms with Gasteiger partial charge in [0.2, 0.25) is 16.0 Å². The first-order valence-corrected chi connectivity index (χ1v) is 12.5. The molecule has 2 atom stereocenters. The Balaban J connectivity index is 0.00000245. The predicted molar refractivity (Wildman–Crippen MR) is 114 cm³/mol. The Kier molecular flexibility index (Phi) is 5.00. The average Bonchev–Trinajstić information content (AvgIpc) is 3.32. The number of pyridine rings is 1. The predicted octanol–water partition coefficient (Wildman–Crippen LogP) is 2.78. The van der Waals surface area contributed by atoms with Gasteiger partial charge < -0.3 is 5.32 Å². The summed E-state index contributed by atoms with van der Waals surface area (Å²) in [5.41, 5.74) is -0.794. The number of hydrogen-bond donors (Lipinski definition) is 1. The zero-order valence-electron chi connectivity index (χ0n) is 17.2. The van der Waals surface area contributed by atoms with Gasteiger partial charge in [0.05, 0.1) is 11.8 Å². The molecule has 0 spiro atoms. The van der Waals surface area contributed by atoms with E-state index >= 15 is 0 Å². The molecule has 5 rings (SSSR count). The minimum atomic E-state index is -3.21. The van der Waals surface area contributed by atoms with Gasteiger partial charge in [0.25, 0.3) is 12.0 Å². The molecule has 170 valence electrons. The van der Waals surface area contributed by atoms with Crippen LogP contribution in [0.4, 0.5) is 14.7 Å². The van der Waals surface area contributed by atoms with Crippen molar-refractivity contribution < 1.29 is 18.6 Å². The number of hydrogen-bond acceptors (Lipinski definition) is 6. The van der Waals surface area contributed by atoms with E-state index in [-0.39, 0.29) is 13.5 Å². The maximum absolute atomic E-state index is 13.5. The Bertz CT molecular complexity index is 1170. The fourth-order valence-corrected chi connectivity index (χ4v) is 5.99. The molecule has 31 heavy (non-hydrogen) atoms. The van der Waals surface area contributed by atoms with Crippen molar-refractivity contribution in [3.63, 3.8) is 0 Å². The highest BCUT2D eigenvalue weighted by Crippen LogP contribution is 2.56. The smallest absolute Gasteiger partial charge is 0.269 e. The minimum Gasteiger partial charge on any atom is -0.351 e. The van der Waals surface area contributed by atoms with E-state index in [2.05, 4.69) is 15.3 Å². The molecule has 8 nitrogen and oxygen atoms in total. The topological polar surface area (TPSA) is 97.2 Å². The van der Waals surface area contributed by atoms with Gasteiger partial charge in [-0.05, 0) is 50.0 Å². The molecule has 0 aromatic carbocycles. The van der Waals surface area contributed by atoms with Gasteiger partial charge in [0.1, 0.15) is 5.65 Å². The lowest BCUT2D eigenvalue weighted by molar-refractivity contribution is 0.149. The van der Waals surface area contributed by atoms with Crippen LogP contribution in [0.3, 0.4) is 0 Å². The molecular weight excluding hydrogens is 428 g/mol. The van der Waals surface area contributed by atoms with Crippen LogP contribution < -0.4 is 10.9 Å². The molecule has 1 aliphatic heterocycles. The summed E-state index contributed by atoms with van der Waals surface area (Å²) in [5, 5.41) is 3.65. The first kappa shape index (κ1) is 20.7. The van der Waals surface area contributed by atoms with Crippen LogP contribution in [0.25, 0.3) is 11.0 Å². The van der Waals surface area contributed by atoms with Gasteiger partial charge in [0, 0.05) is 38.2 Å². The van der Waals surface area contributed by atoms with Crippen LogP contribution >= 0.6 is 0 Å². The second kappa shape index (κ2) is 7.47. The van der Waals surface area contributed by atoms with Crippen molar-refractivity contribution in [3.05, 3.63) is 28.2 Å². The summed E-state index contributed by atoms with van der Waals surface area (Å²) in [7, 11) is -3.21. The second-order valence-electron chi connectivity index (χ2n) is 9.01. The highest BCUT2D eigenvalue weighted by molar-refractivity contribution is 7.88. The number of halogens is 2. The van der Waals surface area contributed by atoms with Crippen LogP contribution in [-0.4, -0.2) is 52.6 Å². The van der Waals surface area contributed by atoms with Crippen LogP contribution in [0.1, 0.15) is 51.6 Å². The van der Waals surface area contributed by atoms with Crippen LogP contribution in [-0.2, 0) is 10.0 Å². The van der Waals surface area contributed by atoms with Crippen molar-refractivity contribution >= 4 is 27.0 Å². The third kappa shape index (κ3) is 3.93. The van der Waals surface area contributed by atoms with E-state index in [0.29, 0.717) is 54.7 Å². The van der Waals surface area contributed by atoms with Gasteiger partial charge in [-0.25, -0.2) is 26.5 Å². The van der Waals surface area contributed by atoms with Crippen molar-refractivity contribution in [2.75, 3.05) is 24.7 Å². The Morgan fingerprint density at radius 3 is 2.48 bits per heavy atom. The Morgan fingerprint density at radius 2 is 1.87 bits per heavy atom. The van der Waals surface area contributed by atoms with Gasteiger partial charge in [-0.15, -0.1) is 0 Å².